The van der Waals surface area contributed by atoms with Crippen molar-refractivity contribution < 1.29 is 4.52 Å². The van der Waals surface area contributed by atoms with Crippen LogP contribution in [0, 0.1) is 6.92 Å². The summed E-state index contributed by atoms with van der Waals surface area (Å²) in [5.41, 5.74) is 7.11. The van der Waals surface area contributed by atoms with Crippen LogP contribution in [0.1, 0.15) is 41.1 Å². The van der Waals surface area contributed by atoms with E-state index in [1.807, 2.05) is 24.5 Å². The van der Waals surface area contributed by atoms with Crippen molar-refractivity contribution in [1.82, 2.24) is 19.9 Å². The molecule has 0 spiro atoms. The number of hydrogen-bond donors (Lipinski definition) is 0. The van der Waals surface area contributed by atoms with Gasteiger partial charge in [0, 0.05) is 54.6 Å². The Hall–Kier alpha value is -2.66. The lowest BCUT2D eigenvalue weighted by Gasteiger charge is -2.36. The maximum atomic E-state index is 5.52. The van der Waals surface area contributed by atoms with Crippen LogP contribution in [0.5, 0.6) is 0 Å². The molecule has 0 aliphatic carbocycles. The van der Waals surface area contributed by atoms with E-state index in [2.05, 4.69) is 45.6 Å². The predicted molar refractivity (Wildman–Crippen MR) is 116 cm³/mol. The summed E-state index contributed by atoms with van der Waals surface area (Å²) in [6.45, 7) is 11.9. The molecule has 29 heavy (non-hydrogen) atoms. The highest BCUT2D eigenvalue weighted by Crippen LogP contribution is 2.33. The Kier molecular flexibility index (Phi) is 4.84. The zero-order valence-corrected chi connectivity index (χ0v) is 17.1. The van der Waals surface area contributed by atoms with Crippen molar-refractivity contribution in [1.29, 1.82) is 0 Å². The second-order valence-corrected chi connectivity index (χ2v) is 8.35. The van der Waals surface area contributed by atoms with Gasteiger partial charge in [0.25, 0.3) is 0 Å². The molecule has 2 aromatic heterocycles. The van der Waals surface area contributed by atoms with Crippen LogP contribution in [0.3, 0.4) is 0 Å². The molecular weight excluding hydrogens is 360 g/mol. The zero-order valence-electron chi connectivity index (χ0n) is 17.1. The number of rotatable bonds is 4. The van der Waals surface area contributed by atoms with Gasteiger partial charge in [-0.25, -0.2) is 0 Å². The number of likely N-dealkylation sites (tertiary alicyclic amines) is 1. The SMILES string of the molecule is C=C1c2cncc(C)c2CCN1CCN1CCC(c2noc3ccccc23)CC1. The highest BCUT2D eigenvalue weighted by atomic mass is 16.5. The van der Waals surface area contributed by atoms with Gasteiger partial charge >= 0.3 is 0 Å². The number of aryl methyl sites for hydroxylation is 1. The smallest absolute Gasteiger partial charge is 0.167 e. The highest BCUT2D eigenvalue weighted by Gasteiger charge is 2.26. The van der Waals surface area contributed by atoms with Gasteiger partial charge in [-0.3, -0.25) is 4.98 Å². The molecule has 4 heterocycles. The molecular formula is C24H28N4O. The van der Waals surface area contributed by atoms with E-state index >= 15 is 0 Å². The van der Waals surface area contributed by atoms with Crippen molar-refractivity contribution in [2.45, 2.75) is 32.1 Å². The van der Waals surface area contributed by atoms with Gasteiger partial charge in [0.05, 0.1) is 5.69 Å². The number of nitrogens with zero attached hydrogens (tertiary/aromatic N) is 4. The highest BCUT2D eigenvalue weighted by molar-refractivity contribution is 5.79. The third-order valence-electron chi connectivity index (χ3n) is 6.66. The van der Waals surface area contributed by atoms with Gasteiger partial charge in [-0.05, 0) is 62.5 Å². The molecule has 0 radical (unpaired) electrons. The van der Waals surface area contributed by atoms with Gasteiger partial charge in [-0.1, -0.05) is 23.9 Å². The second-order valence-electron chi connectivity index (χ2n) is 8.35. The lowest BCUT2D eigenvalue weighted by molar-refractivity contribution is 0.191. The van der Waals surface area contributed by atoms with Crippen LogP contribution < -0.4 is 0 Å². The minimum Gasteiger partial charge on any atom is -0.370 e. The molecule has 2 aliphatic rings. The van der Waals surface area contributed by atoms with Crippen molar-refractivity contribution in [2.75, 3.05) is 32.7 Å². The first-order valence-corrected chi connectivity index (χ1v) is 10.6. The normalized spacial score (nSPS) is 18.4. The van der Waals surface area contributed by atoms with E-state index in [-0.39, 0.29) is 0 Å². The maximum absolute atomic E-state index is 5.52. The van der Waals surface area contributed by atoms with E-state index in [0.29, 0.717) is 5.92 Å². The van der Waals surface area contributed by atoms with E-state index in [9.17, 15) is 0 Å². The quantitative estimate of drug-likeness (QED) is 0.669. The molecule has 1 saturated heterocycles. The minimum atomic E-state index is 0.501. The van der Waals surface area contributed by atoms with Crippen molar-refractivity contribution >= 4 is 16.7 Å². The van der Waals surface area contributed by atoms with Crippen molar-refractivity contribution in [2.24, 2.45) is 0 Å². The Labute approximate surface area is 172 Å². The Morgan fingerprint density at radius 2 is 1.93 bits per heavy atom. The van der Waals surface area contributed by atoms with Crippen LogP contribution in [0.15, 0.2) is 47.8 Å². The van der Waals surface area contributed by atoms with Crippen molar-refractivity contribution in [3.63, 3.8) is 0 Å². The summed E-state index contributed by atoms with van der Waals surface area (Å²) in [6, 6.07) is 8.20. The molecule has 0 saturated carbocycles. The number of hydrogen-bond acceptors (Lipinski definition) is 5. The lowest BCUT2D eigenvalue weighted by atomic mass is 9.91. The Morgan fingerprint density at radius 3 is 2.79 bits per heavy atom. The third kappa shape index (κ3) is 3.44. The van der Waals surface area contributed by atoms with Gasteiger partial charge in [0.1, 0.15) is 0 Å². The molecule has 5 nitrogen and oxygen atoms in total. The van der Waals surface area contributed by atoms with E-state index in [0.717, 1.165) is 69.0 Å². The standard InChI is InChI=1S/C24H28N4O/c1-17-15-25-16-22-18(2)28(12-9-20(17)22)14-13-27-10-7-19(8-11-27)24-21-5-3-4-6-23(21)29-26-24/h3-6,15-16,19H,2,7-14H2,1H3. The first kappa shape index (κ1) is 18.4. The first-order chi connectivity index (χ1) is 14.2. The van der Waals surface area contributed by atoms with E-state index in [1.54, 1.807) is 0 Å². The molecule has 0 unspecified atom stereocenters. The Balaban J connectivity index is 1.17. The van der Waals surface area contributed by atoms with Gasteiger partial charge in [-0.15, -0.1) is 0 Å². The summed E-state index contributed by atoms with van der Waals surface area (Å²) < 4.78 is 5.52. The van der Waals surface area contributed by atoms with Gasteiger partial charge < -0.3 is 14.3 Å². The van der Waals surface area contributed by atoms with E-state index in [4.69, 9.17) is 4.52 Å². The molecule has 0 bridgehead atoms. The van der Waals surface area contributed by atoms with E-state index in [1.165, 1.54) is 22.1 Å². The van der Waals surface area contributed by atoms with Crippen LogP contribution in [0.25, 0.3) is 16.7 Å². The fraction of sp³-hybridized carbons (Fsp3) is 0.417. The first-order valence-electron chi connectivity index (χ1n) is 10.6. The molecule has 1 fully saturated rings. The molecule has 150 valence electrons. The molecule has 5 rings (SSSR count). The number of benzene rings is 1. The minimum absolute atomic E-state index is 0.501. The molecule has 2 aliphatic heterocycles. The summed E-state index contributed by atoms with van der Waals surface area (Å²) in [5, 5.41) is 5.56. The van der Waals surface area contributed by atoms with Crippen LogP contribution >= 0.6 is 0 Å². The van der Waals surface area contributed by atoms with Gasteiger partial charge in [-0.2, -0.15) is 0 Å². The average Bonchev–Trinajstić information content (AvgIpc) is 3.18. The monoisotopic (exact) mass is 388 g/mol. The summed E-state index contributed by atoms with van der Waals surface area (Å²) in [6.07, 6.45) is 7.31. The Morgan fingerprint density at radius 1 is 1.10 bits per heavy atom. The van der Waals surface area contributed by atoms with Crippen molar-refractivity contribution in [3.05, 3.63) is 65.6 Å². The molecule has 0 amide bonds. The van der Waals surface area contributed by atoms with Crippen LogP contribution in [-0.2, 0) is 6.42 Å². The van der Waals surface area contributed by atoms with Crippen molar-refractivity contribution in [3.8, 4) is 0 Å². The fourth-order valence-electron chi connectivity index (χ4n) is 4.86. The zero-order chi connectivity index (χ0) is 19.8. The Bertz CT molecular complexity index is 1030. The summed E-state index contributed by atoms with van der Waals surface area (Å²) in [5.74, 6) is 0.501. The van der Waals surface area contributed by atoms with Crippen LogP contribution in [0.2, 0.25) is 0 Å². The molecule has 5 heteroatoms. The third-order valence-corrected chi connectivity index (χ3v) is 6.66. The topological polar surface area (TPSA) is 45.4 Å². The van der Waals surface area contributed by atoms with E-state index < -0.39 is 0 Å². The summed E-state index contributed by atoms with van der Waals surface area (Å²) in [4.78, 5) is 9.39. The summed E-state index contributed by atoms with van der Waals surface area (Å²) >= 11 is 0. The van der Waals surface area contributed by atoms with Gasteiger partial charge in [0.15, 0.2) is 5.58 Å². The van der Waals surface area contributed by atoms with Crippen LogP contribution in [0.4, 0.5) is 0 Å². The molecule has 0 N–H and O–H groups in total. The fourth-order valence-corrected chi connectivity index (χ4v) is 4.86. The molecule has 0 atom stereocenters. The second kappa shape index (κ2) is 7.64. The van der Waals surface area contributed by atoms with Gasteiger partial charge in [0.2, 0.25) is 0 Å². The van der Waals surface area contributed by atoms with Crippen LogP contribution in [-0.4, -0.2) is 52.7 Å². The number of piperidine rings is 1. The lowest BCUT2D eigenvalue weighted by Crippen LogP contribution is -2.40. The maximum Gasteiger partial charge on any atom is 0.167 e. The number of pyridine rings is 1. The average molecular weight is 389 g/mol. The molecule has 1 aromatic carbocycles. The largest absolute Gasteiger partial charge is 0.370 e. The predicted octanol–water partition coefficient (Wildman–Crippen LogP) is 4.24. The number of para-hydroxylation sites is 1. The number of fused-ring (bicyclic) bond motifs is 2. The number of aromatic nitrogens is 2. The summed E-state index contributed by atoms with van der Waals surface area (Å²) in [7, 11) is 0. The molecule has 3 aromatic rings.